The molecule has 0 aromatic heterocycles. The topological polar surface area (TPSA) is 21.7 Å². The minimum Gasteiger partial charge on any atom is -0.453 e. The van der Waals surface area contributed by atoms with Crippen molar-refractivity contribution in [2.24, 2.45) is 0 Å². The van der Waals surface area contributed by atoms with Crippen LogP contribution < -0.4 is 14.4 Å². The Hall–Kier alpha value is -6.84. The van der Waals surface area contributed by atoms with Crippen LogP contribution in [-0.2, 0) is 0 Å². The van der Waals surface area contributed by atoms with Crippen molar-refractivity contribution >= 4 is 49.4 Å². The zero-order valence-electron chi connectivity index (χ0n) is 27.7. The fraction of sp³-hybridized carbons (Fsp3) is 0. The molecular weight excluding hydrogens is 623 g/mol. The minimum atomic E-state index is 0.664. The van der Waals surface area contributed by atoms with Gasteiger partial charge in [-0.3, -0.25) is 0 Å². The number of anilines is 3. The summed E-state index contributed by atoms with van der Waals surface area (Å²) in [5.41, 5.74) is 7.64. The molecule has 1 aliphatic rings. The second kappa shape index (κ2) is 11.9. The first kappa shape index (κ1) is 29.1. The quantitative estimate of drug-likeness (QED) is 0.184. The normalized spacial score (nSPS) is 11.8. The molecule has 0 amide bonds. The second-order valence-corrected chi connectivity index (χ2v) is 12.9. The molecule has 0 N–H and O–H groups in total. The molecule has 0 unspecified atom stereocenters. The predicted molar refractivity (Wildman–Crippen MR) is 211 cm³/mol. The summed E-state index contributed by atoms with van der Waals surface area (Å²) in [5, 5.41) is 6.97. The Morgan fingerprint density at radius 1 is 0.333 bits per heavy atom. The molecule has 240 valence electrons. The van der Waals surface area contributed by atoms with E-state index in [1.807, 2.05) is 36.4 Å². The molecule has 51 heavy (non-hydrogen) atoms. The van der Waals surface area contributed by atoms with Crippen LogP contribution >= 0.6 is 0 Å². The van der Waals surface area contributed by atoms with E-state index < -0.39 is 0 Å². The van der Waals surface area contributed by atoms with Crippen molar-refractivity contribution < 1.29 is 9.47 Å². The molecular formula is C48H31NO2. The van der Waals surface area contributed by atoms with Gasteiger partial charge >= 0.3 is 0 Å². The van der Waals surface area contributed by atoms with Gasteiger partial charge in [0.25, 0.3) is 0 Å². The molecule has 9 aromatic rings. The highest BCUT2D eigenvalue weighted by atomic mass is 16.5. The maximum absolute atomic E-state index is 6.85. The highest BCUT2D eigenvalue weighted by Gasteiger charge is 2.25. The number of benzene rings is 9. The number of rotatable bonds is 5. The van der Waals surface area contributed by atoms with E-state index in [-0.39, 0.29) is 0 Å². The van der Waals surface area contributed by atoms with Gasteiger partial charge in [-0.2, -0.15) is 0 Å². The predicted octanol–water partition coefficient (Wildman–Crippen LogP) is 13.8. The average Bonchev–Trinajstić information content (AvgIpc) is 3.36. The summed E-state index contributed by atoms with van der Waals surface area (Å²) in [4.78, 5) is 2.26. The first-order valence-electron chi connectivity index (χ1n) is 17.3. The Morgan fingerprint density at radius 2 is 0.784 bits per heavy atom. The third-order valence-corrected chi connectivity index (χ3v) is 9.91. The molecule has 9 aromatic carbocycles. The third kappa shape index (κ3) is 4.98. The largest absolute Gasteiger partial charge is 0.453 e. The lowest BCUT2D eigenvalue weighted by Gasteiger charge is -2.28. The van der Waals surface area contributed by atoms with Crippen molar-refractivity contribution in [1.82, 2.24) is 0 Å². The zero-order valence-corrected chi connectivity index (χ0v) is 27.7. The number of fused-ring (bicyclic) bond motifs is 3. The van der Waals surface area contributed by atoms with Crippen molar-refractivity contribution in [1.29, 1.82) is 0 Å². The van der Waals surface area contributed by atoms with Crippen LogP contribution in [-0.4, -0.2) is 0 Å². The van der Waals surface area contributed by atoms with Gasteiger partial charge in [0.1, 0.15) is 11.5 Å². The van der Waals surface area contributed by atoms with E-state index in [9.17, 15) is 0 Å². The maximum Gasteiger partial charge on any atom is 0.193 e. The van der Waals surface area contributed by atoms with E-state index in [0.717, 1.165) is 50.5 Å². The lowest BCUT2D eigenvalue weighted by Crippen LogP contribution is -2.11. The molecule has 0 fully saturated rings. The Morgan fingerprint density at radius 3 is 1.37 bits per heavy atom. The minimum absolute atomic E-state index is 0.664. The van der Waals surface area contributed by atoms with Gasteiger partial charge in [0.2, 0.25) is 0 Å². The van der Waals surface area contributed by atoms with E-state index in [1.165, 1.54) is 32.7 Å². The van der Waals surface area contributed by atoms with E-state index in [0.29, 0.717) is 11.5 Å². The van der Waals surface area contributed by atoms with Gasteiger partial charge in [0, 0.05) is 11.4 Å². The van der Waals surface area contributed by atoms with Crippen molar-refractivity contribution in [3.63, 3.8) is 0 Å². The molecule has 0 bridgehead atoms. The van der Waals surface area contributed by atoms with Crippen molar-refractivity contribution in [3.8, 4) is 45.3 Å². The third-order valence-electron chi connectivity index (χ3n) is 9.91. The van der Waals surface area contributed by atoms with Crippen molar-refractivity contribution in [2.45, 2.75) is 0 Å². The first-order chi connectivity index (χ1) is 25.3. The molecule has 0 radical (unpaired) electrons. The van der Waals surface area contributed by atoms with Crippen LogP contribution in [0, 0.1) is 0 Å². The van der Waals surface area contributed by atoms with Crippen LogP contribution in [0.3, 0.4) is 0 Å². The Bertz CT molecular complexity index is 2610. The number of para-hydroxylation sites is 1. The zero-order chi connectivity index (χ0) is 33.7. The number of nitrogens with zero attached hydrogens (tertiary/aromatic N) is 1. The van der Waals surface area contributed by atoms with E-state index in [4.69, 9.17) is 9.47 Å². The molecule has 10 rings (SSSR count). The van der Waals surface area contributed by atoms with Crippen molar-refractivity contribution in [3.05, 3.63) is 188 Å². The smallest absolute Gasteiger partial charge is 0.193 e. The number of hydrogen-bond acceptors (Lipinski definition) is 3. The highest BCUT2D eigenvalue weighted by molar-refractivity contribution is 5.99. The van der Waals surface area contributed by atoms with Gasteiger partial charge in [0.15, 0.2) is 11.5 Å². The van der Waals surface area contributed by atoms with Crippen LogP contribution in [0.15, 0.2) is 188 Å². The lowest BCUT2D eigenvalue weighted by atomic mass is 9.97. The molecule has 0 aliphatic carbocycles. The fourth-order valence-corrected chi connectivity index (χ4v) is 7.50. The molecule has 0 atom stereocenters. The summed E-state index contributed by atoms with van der Waals surface area (Å²) in [6.45, 7) is 0. The molecule has 1 heterocycles. The van der Waals surface area contributed by atoms with Gasteiger partial charge in [-0.25, -0.2) is 0 Å². The summed E-state index contributed by atoms with van der Waals surface area (Å²) in [6, 6.07) is 66.1. The Labute approximate surface area is 296 Å². The summed E-state index contributed by atoms with van der Waals surface area (Å²) >= 11 is 0. The Balaban J connectivity index is 1.12. The summed E-state index contributed by atoms with van der Waals surface area (Å²) in [5.74, 6) is 2.88. The SMILES string of the molecule is c1cc2c(c(N(c3ccc(-c4cccc5ccccc45)cc3)c3ccc(-c4cccc5ccccc45)cc3)c1)Oc1cccc3cccc(c13)O2. The van der Waals surface area contributed by atoms with Crippen LogP contribution in [0.5, 0.6) is 23.0 Å². The van der Waals surface area contributed by atoms with E-state index in [1.54, 1.807) is 0 Å². The molecule has 3 heteroatoms. The van der Waals surface area contributed by atoms with Gasteiger partial charge < -0.3 is 14.4 Å². The van der Waals surface area contributed by atoms with Crippen LogP contribution in [0.2, 0.25) is 0 Å². The molecule has 3 nitrogen and oxygen atoms in total. The second-order valence-electron chi connectivity index (χ2n) is 12.9. The van der Waals surface area contributed by atoms with Crippen LogP contribution in [0.1, 0.15) is 0 Å². The molecule has 0 saturated heterocycles. The monoisotopic (exact) mass is 653 g/mol. The van der Waals surface area contributed by atoms with Crippen molar-refractivity contribution in [2.75, 3.05) is 4.90 Å². The highest BCUT2D eigenvalue weighted by Crippen LogP contribution is 2.52. The Kier molecular flexibility index (Phi) is 6.81. The molecule has 0 spiro atoms. The van der Waals surface area contributed by atoms with Gasteiger partial charge in [-0.05, 0) is 97.7 Å². The van der Waals surface area contributed by atoms with Crippen LogP contribution in [0.25, 0.3) is 54.6 Å². The van der Waals surface area contributed by atoms with Crippen LogP contribution in [0.4, 0.5) is 17.1 Å². The summed E-state index contributed by atoms with van der Waals surface area (Å²) in [6.07, 6.45) is 0. The first-order valence-corrected chi connectivity index (χ1v) is 17.3. The molecule has 0 saturated carbocycles. The standard InChI is InChI=1S/C48H31NO2/c1-3-16-39-32(10-1)12-5-18-41(39)34-24-28-37(29-25-34)49(38-30-26-35(27-31-38)42-19-6-13-33-11-2-4-17-40(33)42)43-20-9-23-46-48(43)51-45-22-8-15-36-14-7-21-44(50-46)47(36)45/h1-31H. The summed E-state index contributed by atoms with van der Waals surface area (Å²) < 4.78 is 13.5. The average molecular weight is 654 g/mol. The molecule has 1 aliphatic heterocycles. The summed E-state index contributed by atoms with van der Waals surface area (Å²) in [7, 11) is 0. The van der Waals surface area contributed by atoms with Gasteiger partial charge in [-0.15, -0.1) is 0 Å². The van der Waals surface area contributed by atoms with E-state index in [2.05, 4.69) is 157 Å². The van der Waals surface area contributed by atoms with Gasteiger partial charge in [0.05, 0.1) is 11.1 Å². The van der Waals surface area contributed by atoms with E-state index >= 15 is 0 Å². The fourth-order valence-electron chi connectivity index (χ4n) is 7.50. The number of hydrogen-bond donors (Lipinski definition) is 0. The number of ether oxygens (including phenoxy) is 2. The lowest BCUT2D eigenvalue weighted by molar-refractivity contribution is 0.440. The maximum atomic E-state index is 6.85. The van der Waals surface area contributed by atoms with Gasteiger partial charge in [-0.1, -0.05) is 140 Å².